The molecule has 1 aliphatic heterocycles. The van der Waals surface area contributed by atoms with Gasteiger partial charge in [-0.2, -0.15) is 0 Å². The largest absolute Gasteiger partial charge is 0.455 e. The average molecular weight is 878 g/mol. The predicted octanol–water partition coefficient (Wildman–Crippen LogP) is 18.1. The molecule has 1 heterocycles. The molecule has 2 nitrogen and oxygen atoms in total. The number of ether oxygens (including phenoxy) is 1. The lowest BCUT2D eigenvalue weighted by Crippen LogP contribution is -2.32. The van der Waals surface area contributed by atoms with Crippen molar-refractivity contribution in [3.63, 3.8) is 0 Å². The van der Waals surface area contributed by atoms with Gasteiger partial charge in [0.1, 0.15) is 11.5 Å². The molecule has 69 heavy (non-hydrogen) atoms. The Labute approximate surface area is 401 Å². The van der Waals surface area contributed by atoms with E-state index in [1.54, 1.807) is 0 Å². The first-order valence-electron chi connectivity index (χ1n) is 23.8. The zero-order valence-electron chi connectivity index (χ0n) is 37.7. The van der Waals surface area contributed by atoms with Crippen LogP contribution in [0.1, 0.15) is 22.3 Å². The molecule has 12 aromatic rings. The zero-order chi connectivity index (χ0) is 45.5. The molecule has 0 amide bonds. The van der Waals surface area contributed by atoms with Gasteiger partial charge >= 0.3 is 0 Å². The minimum atomic E-state index is -0.662. The topological polar surface area (TPSA) is 12.5 Å². The summed E-state index contributed by atoms with van der Waals surface area (Å²) < 4.78 is 7.28. The quantitative estimate of drug-likeness (QED) is 0.165. The maximum absolute atomic E-state index is 7.28. The Kier molecular flexibility index (Phi) is 8.84. The second kappa shape index (κ2) is 15.6. The first kappa shape index (κ1) is 39.2. The zero-order valence-corrected chi connectivity index (χ0v) is 37.7. The van der Waals surface area contributed by atoms with Gasteiger partial charge in [-0.15, -0.1) is 0 Å². The molecule has 0 saturated heterocycles. The first-order valence-corrected chi connectivity index (χ1v) is 23.8. The van der Waals surface area contributed by atoms with Gasteiger partial charge in [0.2, 0.25) is 0 Å². The van der Waals surface area contributed by atoms with E-state index in [-0.39, 0.29) is 0 Å². The molecule has 14 rings (SSSR count). The molecule has 2 aliphatic rings. The van der Waals surface area contributed by atoms with Crippen LogP contribution in [0.4, 0.5) is 17.1 Å². The fourth-order valence-corrected chi connectivity index (χ4v) is 11.8. The van der Waals surface area contributed by atoms with Crippen LogP contribution in [-0.2, 0) is 5.41 Å². The molecule has 0 saturated carbocycles. The van der Waals surface area contributed by atoms with Crippen molar-refractivity contribution in [3.05, 3.63) is 283 Å². The standard InChI is InChI=1S/C67H43NO/c1-2-18-45(19-3-1)52-25-11-14-34-62(52)68(49-40-36-48(37-41-49)51-30-16-23-44-20-4-7-24-50(44)51)63-35-15-12-28-55(63)56-31-17-33-59-64(56)57-29-10-13-32-58(57)67(59)60-42-38-46-21-5-8-26-53(46)65(60)69-66-54-27-9-6-22-47(54)39-43-61(66)67/h1-43H. The van der Waals surface area contributed by atoms with Crippen molar-refractivity contribution in [1.29, 1.82) is 0 Å². The third-order valence-corrected chi connectivity index (χ3v) is 14.7. The monoisotopic (exact) mass is 877 g/mol. The van der Waals surface area contributed by atoms with Gasteiger partial charge in [0, 0.05) is 38.7 Å². The second-order valence-corrected chi connectivity index (χ2v) is 18.3. The summed E-state index contributed by atoms with van der Waals surface area (Å²) in [6, 6.07) is 95.5. The Balaban J connectivity index is 1.03. The predicted molar refractivity (Wildman–Crippen MR) is 287 cm³/mol. The van der Waals surface area contributed by atoms with E-state index in [4.69, 9.17) is 4.74 Å². The molecule has 0 radical (unpaired) electrons. The summed E-state index contributed by atoms with van der Waals surface area (Å²) in [5.41, 5.74) is 17.0. The van der Waals surface area contributed by atoms with Crippen molar-refractivity contribution in [1.82, 2.24) is 0 Å². The molecular formula is C67H43NO. The molecule has 1 spiro atoms. The number of anilines is 3. The van der Waals surface area contributed by atoms with Crippen LogP contribution < -0.4 is 9.64 Å². The smallest absolute Gasteiger partial charge is 0.140 e. The maximum atomic E-state index is 7.28. The minimum absolute atomic E-state index is 0.662. The van der Waals surface area contributed by atoms with Crippen molar-refractivity contribution in [2.75, 3.05) is 4.90 Å². The fraction of sp³-hybridized carbons (Fsp3) is 0.0149. The molecule has 322 valence electrons. The van der Waals surface area contributed by atoms with Crippen LogP contribution in [0.15, 0.2) is 261 Å². The molecule has 0 fully saturated rings. The van der Waals surface area contributed by atoms with Crippen molar-refractivity contribution in [2.24, 2.45) is 0 Å². The van der Waals surface area contributed by atoms with E-state index < -0.39 is 5.41 Å². The van der Waals surface area contributed by atoms with Gasteiger partial charge in [-0.05, 0) is 90.3 Å². The van der Waals surface area contributed by atoms with Gasteiger partial charge in [-0.3, -0.25) is 0 Å². The normalized spacial score (nSPS) is 12.9. The minimum Gasteiger partial charge on any atom is -0.455 e. The van der Waals surface area contributed by atoms with E-state index in [0.717, 1.165) is 77.9 Å². The molecule has 0 unspecified atom stereocenters. The number of benzene rings is 12. The van der Waals surface area contributed by atoms with Crippen molar-refractivity contribution < 1.29 is 4.74 Å². The number of rotatable bonds is 6. The number of fused-ring (bicyclic) bond motifs is 14. The van der Waals surface area contributed by atoms with Crippen LogP contribution in [0, 0.1) is 0 Å². The highest BCUT2D eigenvalue weighted by Gasteiger charge is 2.52. The summed E-state index contributed by atoms with van der Waals surface area (Å²) in [7, 11) is 0. The lowest BCUT2D eigenvalue weighted by molar-refractivity contribution is 0.447. The SMILES string of the molecule is c1ccc(-c2ccccc2N(c2ccc(-c3cccc4ccccc34)cc2)c2ccccc2-c2cccc3c2-c2ccccc2C32c3ccc4ccccc4c3Oc3c2ccc2ccccc32)cc1. The fourth-order valence-electron chi connectivity index (χ4n) is 11.8. The van der Waals surface area contributed by atoms with Crippen LogP contribution in [0.25, 0.3) is 76.8 Å². The summed E-state index contributed by atoms with van der Waals surface area (Å²) in [5.74, 6) is 1.84. The lowest BCUT2D eigenvalue weighted by Gasteiger charge is -2.40. The van der Waals surface area contributed by atoms with Crippen LogP contribution in [0.2, 0.25) is 0 Å². The number of hydrogen-bond acceptors (Lipinski definition) is 2. The molecule has 12 aromatic carbocycles. The van der Waals surface area contributed by atoms with Gasteiger partial charge in [0.25, 0.3) is 0 Å². The highest BCUT2D eigenvalue weighted by atomic mass is 16.5. The van der Waals surface area contributed by atoms with E-state index in [9.17, 15) is 0 Å². The molecule has 1 aliphatic carbocycles. The number of para-hydroxylation sites is 2. The Morgan fingerprint density at radius 2 is 0.739 bits per heavy atom. The average Bonchev–Trinajstić information content (AvgIpc) is 3.72. The van der Waals surface area contributed by atoms with Gasteiger partial charge in [0.15, 0.2) is 0 Å². The summed E-state index contributed by atoms with van der Waals surface area (Å²) in [6.45, 7) is 0. The number of hydrogen-bond donors (Lipinski definition) is 0. The van der Waals surface area contributed by atoms with Gasteiger partial charge < -0.3 is 9.64 Å². The summed E-state index contributed by atoms with van der Waals surface area (Å²) >= 11 is 0. The van der Waals surface area contributed by atoms with Crippen molar-refractivity contribution in [2.45, 2.75) is 5.41 Å². The molecule has 0 bridgehead atoms. The molecule has 0 aromatic heterocycles. The Hall–Kier alpha value is -8.98. The van der Waals surface area contributed by atoms with Gasteiger partial charge in [-0.1, -0.05) is 237 Å². The van der Waals surface area contributed by atoms with Crippen LogP contribution >= 0.6 is 0 Å². The van der Waals surface area contributed by atoms with Crippen LogP contribution in [0.3, 0.4) is 0 Å². The van der Waals surface area contributed by atoms with Crippen LogP contribution in [-0.4, -0.2) is 0 Å². The van der Waals surface area contributed by atoms with E-state index in [2.05, 4.69) is 266 Å². The number of nitrogens with zero attached hydrogens (tertiary/aromatic N) is 1. The molecule has 0 atom stereocenters. The summed E-state index contributed by atoms with van der Waals surface area (Å²) in [5, 5.41) is 7.02. The van der Waals surface area contributed by atoms with E-state index in [1.165, 1.54) is 49.7 Å². The van der Waals surface area contributed by atoms with Crippen LogP contribution in [0.5, 0.6) is 11.5 Å². The summed E-state index contributed by atoms with van der Waals surface area (Å²) in [4.78, 5) is 2.47. The third kappa shape index (κ3) is 5.86. The van der Waals surface area contributed by atoms with E-state index in [0.29, 0.717) is 0 Å². The highest BCUT2D eigenvalue weighted by molar-refractivity contribution is 6.05. The second-order valence-electron chi connectivity index (χ2n) is 18.3. The lowest BCUT2D eigenvalue weighted by atomic mass is 9.65. The maximum Gasteiger partial charge on any atom is 0.140 e. The third-order valence-electron chi connectivity index (χ3n) is 14.7. The first-order chi connectivity index (χ1) is 34.3. The Bertz CT molecular complexity index is 3910. The molecular weight excluding hydrogens is 835 g/mol. The van der Waals surface area contributed by atoms with Crippen molar-refractivity contribution >= 4 is 49.4 Å². The van der Waals surface area contributed by atoms with Gasteiger partial charge in [-0.25, -0.2) is 0 Å². The van der Waals surface area contributed by atoms with Gasteiger partial charge in [0.05, 0.1) is 16.8 Å². The summed E-state index contributed by atoms with van der Waals surface area (Å²) in [6.07, 6.45) is 0. The van der Waals surface area contributed by atoms with Crippen molar-refractivity contribution in [3.8, 4) is 56.0 Å². The molecule has 0 N–H and O–H groups in total. The Morgan fingerprint density at radius 3 is 1.43 bits per heavy atom. The Morgan fingerprint density at radius 1 is 0.275 bits per heavy atom. The van der Waals surface area contributed by atoms with E-state index >= 15 is 0 Å². The highest BCUT2D eigenvalue weighted by Crippen LogP contribution is 2.65. The van der Waals surface area contributed by atoms with E-state index in [1.807, 2.05) is 0 Å². The molecule has 2 heteroatoms.